The van der Waals surface area contributed by atoms with Crippen molar-refractivity contribution in [1.29, 1.82) is 0 Å². The van der Waals surface area contributed by atoms with Gasteiger partial charge < -0.3 is 10.2 Å². The first-order valence-corrected chi connectivity index (χ1v) is 5.45. The van der Waals surface area contributed by atoms with Gasteiger partial charge in [-0.25, -0.2) is 0 Å². The van der Waals surface area contributed by atoms with Crippen molar-refractivity contribution in [3.8, 4) is 0 Å². The minimum atomic E-state index is -0.913. The van der Waals surface area contributed by atoms with E-state index in [4.69, 9.17) is 0 Å². The van der Waals surface area contributed by atoms with E-state index in [1.165, 1.54) is 17.0 Å². The van der Waals surface area contributed by atoms with Crippen molar-refractivity contribution in [2.24, 2.45) is 0 Å². The van der Waals surface area contributed by atoms with Gasteiger partial charge in [-0.3, -0.25) is 14.9 Å². The first-order chi connectivity index (χ1) is 8.50. The Morgan fingerprint density at radius 3 is 2.83 bits per heavy atom. The number of hydrogen-bond acceptors (Lipinski definition) is 4. The Balaban J connectivity index is 2.27. The molecule has 1 atom stereocenters. The molecule has 1 fully saturated rings. The number of likely N-dealkylation sites (N-methyl/N-ethyl adjacent to an activating group) is 1. The third-order valence-electron chi connectivity index (χ3n) is 2.93. The predicted octanol–water partition coefficient (Wildman–Crippen LogP) is 1.38. The summed E-state index contributed by atoms with van der Waals surface area (Å²) in [6.07, 6.45) is 0.545. The van der Waals surface area contributed by atoms with Crippen LogP contribution in [0.2, 0.25) is 0 Å². The molecule has 1 unspecified atom stereocenters. The highest BCUT2D eigenvalue weighted by molar-refractivity contribution is 5.87. The second-order valence-corrected chi connectivity index (χ2v) is 4.14. The number of anilines is 1. The van der Waals surface area contributed by atoms with Crippen LogP contribution >= 0.6 is 0 Å². The number of nitro benzene ring substituents is 1. The third-order valence-corrected chi connectivity index (χ3v) is 2.93. The summed E-state index contributed by atoms with van der Waals surface area (Å²) in [6, 6.07) is 3.25. The number of halogens is 1. The number of benzene rings is 1. The minimum absolute atomic E-state index is 0.0358. The number of amides is 1. The van der Waals surface area contributed by atoms with Crippen molar-refractivity contribution in [2.75, 3.05) is 18.9 Å². The highest BCUT2D eigenvalue weighted by atomic mass is 19.1. The van der Waals surface area contributed by atoms with Crippen LogP contribution in [-0.4, -0.2) is 35.4 Å². The lowest BCUT2D eigenvalue weighted by Crippen LogP contribution is -2.31. The number of hydrogen-bond donors (Lipinski definition) is 1. The van der Waals surface area contributed by atoms with E-state index in [1.807, 2.05) is 0 Å². The SMILES string of the molecule is CN1CCC(Nc2cccc(F)c2[N+](=O)[O-])C1=O. The van der Waals surface area contributed by atoms with Crippen LogP contribution in [0.5, 0.6) is 0 Å². The second-order valence-electron chi connectivity index (χ2n) is 4.14. The number of nitro groups is 1. The van der Waals surface area contributed by atoms with Crippen molar-refractivity contribution < 1.29 is 14.1 Å². The molecule has 0 aromatic heterocycles. The van der Waals surface area contributed by atoms with Crippen LogP contribution in [0, 0.1) is 15.9 Å². The molecule has 1 amide bonds. The summed E-state index contributed by atoms with van der Waals surface area (Å²) in [5.41, 5.74) is -0.589. The topological polar surface area (TPSA) is 75.5 Å². The molecule has 1 aliphatic rings. The Kier molecular flexibility index (Phi) is 3.14. The Morgan fingerprint density at radius 1 is 1.56 bits per heavy atom. The lowest BCUT2D eigenvalue weighted by atomic mass is 10.2. The molecule has 0 bridgehead atoms. The molecular formula is C11H12FN3O3. The summed E-state index contributed by atoms with van der Waals surface area (Å²) in [4.78, 5) is 23.2. The van der Waals surface area contributed by atoms with Crippen LogP contribution in [0.15, 0.2) is 18.2 Å². The Morgan fingerprint density at radius 2 is 2.28 bits per heavy atom. The van der Waals surface area contributed by atoms with E-state index in [-0.39, 0.29) is 11.6 Å². The van der Waals surface area contributed by atoms with Crippen LogP contribution in [0.3, 0.4) is 0 Å². The van der Waals surface area contributed by atoms with Crippen LogP contribution in [0.25, 0.3) is 0 Å². The van der Waals surface area contributed by atoms with Crippen molar-refractivity contribution in [2.45, 2.75) is 12.5 Å². The molecule has 7 heteroatoms. The van der Waals surface area contributed by atoms with Crippen LogP contribution in [0.4, 0.5) is 15.8 Å². The smallest absolute Gasteiger partial charge is 0.327 e. The quantitative estimate of drug-likeness (QED) is 0.652. The zero-order chi connectivity index (χ0) is 13.3. The number of carbonyl (C=O) groups excluding carboxylic acids is 1. The van der Waals surface area contributed by atoms with Crippen molar-refractivity contribution in [1.82, 2.24) is 4.90 Å². The number of likely N-dealkylation sites (tertiary alicyclic amines) is 1. The first kappa shape index (κ1) is 12.3. The van der Waals surface area contributed by atoms with Gasteiger partial charge in [0.15, 0.2) is 0 Å². The minimum Gasteiger partial charge on any atom is -0.368 e. The van der Waals surface area contributed by atoms with Gasteiger partial charge in [0.1, 0.15) is 11.7 Å². The normalized spacial score (nSPS) is 19.1. The number of para-hydroxylation sites is 1. The van der Waals surface area contributed by atoms with Crippen LogP contribution in [0.1, 0.15) is 6.42 Å². The Hall–Kier alpha value is -2.18. The van der Waals surface area contributed by atoms with E-state index in [0.717, 1.165) is 6.07 Å². The number of nitrogens with zero attached hydrogens (tertiary/aromatic N) is 2. The highest BCUT2D eigenvalue weighted by Gasteiger charge is 2.31. The molecule has 0 aliphatic carbocycles. The molecule has 1 saturated heterocycles. The maximum atomic E-state index is 13.4. The van der Waals surface area contributed by atoms with Gasteiger partial charge in [-0.05, 0) is 18.6 Å². The number of carbonyl (C=O) groups is 1. The fraction of sp³-hybridized carbons (Fsp3) is 0.364. The summed E-state index contributed by atoms with van der Waals surface area (Å²) in [7, 11) is 1.66. The van der Waals surface area contributed by atoms with Crippen molar-refractivity contribution in [3.63, 3.8) is 0 Å². The lowest BCUT2D eigenvalue weighted by Gasteiger charge is -2.13. The maximum absolute atomic E-state index is 13.4. The lowest BCUT2D eigenvalue weighted by molar-refractivity contribution is -0.386. The number of rotatable bonds is 3. The molecule has 96 valence electrons. The Bertz CT molecular complexity index is 506. The first-order valence-electron chi connectivity index (χ1n) is 5.45. The molecule has 18 heavy (non-hydrogen) atoms. The molecule has 0 radical (unpaired) electrons. The van der Waals surface area contributed by atoms with Gasteiger partial charge in [0.05, 0.1) is 4.92 Å². The van der Waals surface area contributed by atoms with E-state index < -0.39 is 22.5 Å². The summed E-state index contributed by atoms with van der Waals surface area (Å²) < 4.78 is 13.4. The maximum Gasteiger partial charge on any atom is 0.327 e. The monoisotopic (exact) mass is 253 g/mol. The van der Waals surface area contributed by atoms with Crippen molar-refractivity contribution >= 4 is 17.3 Å². The number of nitrogens with one attached hydrogen (secondary N) is 1. The van der Waals surface area contributed by atoms with Crippen LogP contribution in [-0.2, 0) is 4.79 Å². The van der Waals surface area contributed by atoms with E-state index >= 15 is 0 Å². The zero-order valence-electron chi connectivity index (χ0n) is 9.72. The fourth-order valence-corrected chi connectivity index (χ4v) is 1.96. The average Bonchev–Trinajstić information content (AvgIpc) is 2.60. The van der Waals surface area contributed by atoms with Gasteiger partial charge in [-0.1, -0.05) is 6.07 Å². The summed E-state index contributed by atoms with van der Waals surface area (Å²) in [5, 5.41) is 13.5. The molecule has 1 heterocycles. The van der Waals surface area contributed by atoms with Crippen LogP contribution < -0.4 is 5.32 Å². The third kappa shape index (κ3) is 2.11. The van der Waals surface area contributed by atoms with Gasteiger partial charge in [0, 0.05) is 13.6 Å². The molecule has 6 nitrogen and oxygen atoms in total. The summed E-state index contributed by atoms with van der Waals surface area (Å²) >= 11 is 0. The molecule has 1 aromatic carbocycles. The molecule has 1 aromatic rings. The largest absolute Gasteiger partial charge is 0.368 e. The second kappa shape index (κ2) is 4.59. The standard InChI is InChI=1S/C11H12FN3O3/c1-14-6-5-9(11(14)16)13-8-4-2-3-7(12)10(8)15(17)18/h2-4,9,13H,5-6H2,1H3. The van der Waals surface area contributed by atoms with Gasteiger partial charge in [0.25, 0.3) is 0 Å². The predicted molar refractivity (Wildman–Crippen MR) is 62.7 cm³/mol. The fourth-order valence-electron chi connectivity index (χ4n) is 1.96. The van der Waals surface area contributed by atoms with Crippen molar-refractivity contribution in [3.05, 3.63) is 34.1 Å². The summed E-state index contributed by atoms with van der Waals surface area (Å²) in [6.45, 7) is 0.583. The van der Waals surface area contributed by atoms with E-state index in [9.17, 15) is 19.3 Å². The van der Waals surface area contributed by atoms with Gasteiger partial charge in [-0.15, -0.1) is 0 Å². The molecule has 1 aliphatic heterocycles. The van der Waals surface area contributed by atoms with Gasteiger partial charge in [0.2, 0.25) is 11.7 Å². The van der Waals surface area contributed by atoms with Gasteiger partial charge in [-0.2, -0.15) is 4.39 Å². The zero-order valence-corrected chi connectivity index (χ0v) is 9.72. The molecule has 2 rings (SSSR count). The van der Waals surface area contributed by atoms with E-state index in [0.29, 0.717) is 13.0 Å². The summed E-state index contributed by atoms with van der Waals surface area (Å²) in [5.74, 6) is -1.06. The molecule has 1 N–H and O–H groups in total. The Labute approximate surface area is 103 Å². The van der Waals surface area contributed by atoms with E-state index in [2.05, 4.69) is 5.32 Å². The molecule has 0 spiro atoms. The molecule has 0 saturated carbocycles. The van der Waals surface area contributed by atoms with E-state index in [1.54, 1.807) is 7.05 Å². The average molecular weight is 253 g/mol. The highest BCUT2D eigenvalue weighted by Crippen LogP contribution is 2.29. The molecular weight excluding hydrogens is 241 g/mol. The van der Waals surface area contributed by atoms with Gasteiger partial charge >= 0.3 is 5.69 Å².